The number of imidazole rings is 1. The third-order valence-corrected chi connectivity index (χ3v) is 4.62. The highest BCUT2D eigenvalue weighted by molar-refractivity contribution is 5.78. The van der Waals surface area contributed by atoms with Crippen molar-refractivity contribution in [2.45, 2.75) is 12.8 Å². The number of piperidine rings is 1. The van der Waals surface area contributed by atoms with E-state index in [0.29, 0.717) is 12.5 Å². The largest absolute Gasteiger partial charge is 0.358 e. The zero-order valence-corrected chi connectivity index (χ0v) is 13.9. The molecule has 0 unspecified atom stereocenters. The van der Waals surface area contributed by atoms with Crippen LogP contribution in [0.4, 0.5) is 5.95 Å². The molecule has 6 nitrogen and oxygen atoms in total. The fourth-order valence-electron chi connectivity index (χ4n) is 3.20. The van der Waals surface area contributed by atoms with E-state index in [1.807, 2.05) is 18.2 Å². The first-order chi connectivity index (χ1) is 11.2. The average molecular weight is 315 g/mol. The lowest BCUT2D eigenvalue weighted by Crippen LogP contribution is -2.42. The summed E-state index contributed by atoms with van der Waals surface area (Å²) in [5, 5.41) is 2.69. The van der Waals surface area contributed by atoms with Gasteiger partial charge in [-0.15, -0.1) is 0 Å². The number of para-hydroxylation sites is 2. The Kier molecular flexibility index (Phi) is 4.81. The highest BCUT2D eigenvalue weighted by atomic mass is 16.1. The van der Waals surface area contributed by atoms with Gasteiger partial charge in [-0.2, -0.15) is 0 Å². The smallest absolute Gasteiger partial charge is 0.233 e. The van der Waals surface area contributed by atoms with Crippen molar-refractivity contribution in [2.24, 2.45) is 5.92 Å². The molecule has 124 valence electrons. The fourth-order valence-corrected chi connectivity index (χ4v) is 3.20. The van der Waals surface area contributed by atoms with Gasteiger partial charge in [0.1, 0.15) is 0 Å². The Morgan fingerprint density at radius 1 is 1.39 bits per heavy atom. The summed E-state index contributed by atoms with van der Waals surface area (Å²) < 4.78 is 0. The molecule has 1 aliphatic rings. The summed E-state index contributed by atoms with van der Waals surface area (Å²) in [5.74, 6) is 1.68. The predicted octanol–water partition coefficient (Wildman–Crippen LogP) is 1.46. The molecular formula is C17H25N5O. The van der Waals surface area contributed by atoms with Gasteiger partial charge in [0.2, 0.25) is 11.9 Å². The lowest BCUT2D eigenvalue weighted by molar-refractivity contribution is -0.122. The van der Waals surface area contributed by atoms with Crippen LogP contribution < -0.4 is 10.2 Å². The number of H-pyrrole nitrogens is 1. The number of rotatable bonds is 5. The zero-order valence-electron chi connectivity index (χ0n) is 13.9. The maximum absolute atomic E-state index is 11.4. The van der Waals surface area contributed by atoms with Crippen molar-refractivity contribution in [3.63, 3.8) is 0 Å². The molecule has 0 aliphatic carbocycles. The van der Waals surface area contributed by atoms with E-state index in [9.17, 15) is 4.79 Å². The molecule has 2 N–H and O–H groups in total. The number of likely N-dealkylation sites (N-methyl/N-ethyl adjacent to an activating group) is 1. The van der Waals surface area contributed by atoms with Crippen LogP contribution in [0.5, 0.6) is 0 Å². The Hall–Kier alpha value is -2.08. The lowest BCUT2D eigenvalue weighted by atomic mass is 9.96. The van der Waals surface area contributed by atoms with Crippen LogP contribution in [0.1, 0.15) is 12.8 Å². The highest BCUT2D eigenvalue weighted by Gasteiger charge is 2.22. The van der Waals surface area contributed by atoms with Crippen molar-refractivity contribution in [3.05, 3.63) is 24.3 Å². The summed E-state index contributed by atoms with van der Waals surface area (Å²) >= 11 is 0. The van der Waals surface area contributed by atoms with E-state index < -0.39 is 0 Å². The molecule has 2 heterocycles. The minimum absolute atomic E-state index is 0.0999. The van der Waals surface area contributed by atoms with Crippen LogP contribution in [0, 0.1) is 5.92 Å². The molecule has 1 fully saturated rings. The van der Waals surface area contributed by atoms with Gasteiger partial charge in [-0.3, -0.25) is 9.69 Å². The molecule has 0 spiro atoms. The molecule has 2 aromatic rings. The molecule has 0 bridgehead atoms. The molecule has 6 heteroatoms. The first-order valence-corrected chi connectivity index (χ1v) is 8.24. The first kappa shape index (κ1) is 15.8. The minimum Gasteiger partial charge on any atom is -0.358 e. The number of likely N-dealkylation sites (tertiary alicyclic amines) is 1. The second kappa shape index (κ2) is 7.00. The van der Waals surface area contributed by atoms with Gasteiger partial charge in [-0.1, -0.05) is 12.1 Å². The number of nitrogens with one attached hydrogen (secondary N) is 2. The van der Waals surface area contributed by atoms with Gasteiger partial charge in [0.25, 0.3) is 0 Å². The highest BCUT2D eigenvalue weighted by Crippen LogP contribution is 2.21. The average Bonchev–Trinajstić information content (AvgIpc) is 3.00. The van der Waals surface area contributed by atoms with Gasteiger partial charge >= 0.3 is 0 Å². The Morgan fingerprint density at radius 2 is 2.13 bits per heavy atom. The van der Waals surface area contributed by atoms with Crippen LogP contribution >= 0.6 is 0 Å². The number of aromatic nitrogens is 2. The molecular weight excluding hydrogens is 290 g/mol. The number of amides is 1. The zero-order chi connectivity index (χ0) is 16.2. The Morgan fingerprint density at radius 3 is 2.83 bits per heavy atom. The predicted molar refractivity (Wildman–Crippen MR) is 92.6 cm³/mol. The number of fused-ring (bicyclic) bond motifs is 1. The third kappa shape index (κ3) is 3.82. The van der Waals surface area contributed by atoms with E-state index in [0.717, 1.165) is 49.5 Å². The maximum atomic E-state index is 11.4. The van der Waals surface area contributed by atoms with Crippen molar-refractivity contribution in [2.75, 3.05) is 45.2 Å². The number of hydrogen-bond acceptors (Lipinski definition) is 4. The molecule has 1 aromatic carbocycles. The van der Waals surface area contributed by atoms with Crippen molar-refractivity contribution in [1.29, 1.82) is 0 Å². The number of carbonyl (C=O) groups excluding carboxylic acids is 1. The van der Waals surface area contributed by atoms with Crippen molar-refractivity contribution >= 4 is 22.9 Å². The van der Waals surface area contributed by atoms with Crippen molar-refractivity contribution < 1.29 is 4.79 Å². The van der Waals surface area contributed by atoms with Crippen LogP contribution in [-0.2, 0) is 4.79 Å². The van der Waals surface area contributed by atoms with Gasteiger partial charge in [0.15, 0.2) is 0 Å². The quantitative estimate of drug-likeness (QED) is 0.877. The number of benzene rings is 1. The molecule has 23 heavy (non-hydrogen) atoms. The van der Waals surface area contributed by atoms with Crippen LogP contribution in [0.3, 0.4) is 0 Å². The van der Waals surface area contributed by atoms with E-state index in [4.69, 9.17) is 0 Å². The second-order valence-corrected chi connectivity index (χ2v) is 6.35. The minimum atomic E-state index is 0.0999. The summed E-state index contributed by atoms with van der Waals surface area (Å²) in [5.41, 5.74) is 2.09. The number of nitrogens with zero attached hydrogens (tertiary/aromatic N) is 3. The molecule has 0 radical (unpaired) electrons. The molecule has 1 amide bonds. The topological polar surface area (TPSA) is 64.3 Å². The Labute approximate surface area is 136 Å². The Balaban J connectivity index is 1.53. The molecule has 1 saturated heterocycles. The number of hydrogen-bond donors (Lipinski definition) is 2. The van der Waals surface area contributed by atoms with E-state index in [-0.39, 0.29) is 5.91 Å². The monoisotopic (exact) mass is 315 g/mol. The standard InChI is InChI=1S/C17H25N5O/c1-18-16(23)12-22-9-7-13(8-10-22)11-21(2)17-19-14-5-3-4-6-15(14)20-17/h3-6,13H,7-12H2,1-2H3,(H,18,23)(H,19,20). The number of carbonyl (C=O) groups is 1. The van der Waals surface area contributed by atoms with Gasteiger partial charge in [-0.05, 0) is 44.0 Å². The van der Waals surface area contributed by atoms with E-state index >= 15 is 0 Å². The molecule has 1 aromatic heterocycles. The molecule has 0 saturated carbocycles. The normalized spacial score (nSPS) is 16.6. The van der Waals surface area contributed by atoms with Crippen LogP contribution in [0.2, 0.25) is 0 Å². The van der Waals surface area contributed by atoms with Crippen molar-refractivity contribution in [1.82, 2.24) is 20.2 Å². The van der Waals surface area contributed by atoms with E-state index in [1.165, 1.54) is 0 Å². The molecule has 3 rings (SSSR count). The summed E-state index contributed by atoms with van der Waals surface area (Å²) in [6.07, 6.45) is 2.25. The molecule has 1 aliphatic heterocycles. The SMILES string of the molecule is CNC(=O)CN1CCC(CN(C)c2nc3ccccc3[nH]2)CC1. The van der Waals surface area contributed by atoms with Gasteiger partial charge in [0, 0.05) is 20.6 Å². The van der Waals surface area contributed by atoms with E-state index in [1.54, 1.807) is 7.05 Å². The summed E-state index contributed by atoms with van der Waals surface area (Å²) in [7, 11) is 3.78. The maximum Gasteiger partial charge on any atom is 0.233 e. The van der Waals surface area contributed by atoms with Crippen LogP contribution in [0.25, 0.3) is 11.0 Å². The van der Waals surface area contributed by atoms with E-state index in [2.05, 4.69) is 38.2 Å². The van der Waals surface area contributed by atoms with Crippen LogP contribution in [-0.4, -0.2) is 61.0 Å². The van der Waals surface area contributed by atoms with Gasteiger partial charge in [0.05, 0.1) is 17.6 Å². The van der Waals surface area contributed by atoms with Gasteiger partial charge < -0.3 is 15.2 Å². The lowest BCUT2D eigenvalue weighted by Gasteiger charge is -2.33. The first-order valence-electron chi connectivity index (χ1n) is 8.24. The number of aromatic amines is 1. The summed E-state index contributed by atoms with van der Waals surface area (Å²) in [6.45, 7) is 3.49. The number of anilines is 1. The van der Waals surface area contributed by atoms with Crippen LogP contribution in [0.15, 0.2) is 24.3 Å². The summed E-state index contributed by atoms with van der Waals surface area (Å²) in [4.78, 5) is 23.9. The molecule has 0 atom stereocenters. The van der Waals surface area contributed by atoms with Crippen molar-refractivity contribution in [3.8, 4) is 0 Å². The Bertz CT molecular complexity index is 627. The fraction of sp³-hybridized carbons (Fsp3) is 0.529. The van der Waals surface area contributed by atoms with Gasteiger partial charge in [-0.25, -0.2) is 4.98 Å². The second-order valence-electron chi connectivity index (χ2n) is 6.35. The summed E-state index contributed by atoms with van der Waals surface area (Å²) in [6, 6.07) is 8.11. The third-order valence-electron chi connectivity index (χ3n) is 4.62.